The molecule has 1 aromatic carbocycles. The molecule has 2 rings (SSSR count). The molecular formula is C14H15NO2S. The molecule has 94 valence electrons. The standard InChI is InChI=1S/C14H15NO2S/c1-3-9(2)15-8-11-10-6-4-5-7-12(10)18-13(11)14(16)17/h3-7,9,15H,1,8H2,2H3,(H,16,17). The lowest BCUT2D eigenvalue weighted by molar-refractivity contribution is 0.0701. The molecular weight excluding hydrogens is 246 g/mol. The van der Waals surface area contributed by atoms with Gasteiger partial charge in [-0.25, -0.2) is 4.79 Å². The molecule has 0 amide bonds. The maximum Gasteiger partial charge on any atom is 0.346 e. The molecule has 18 heavy (non-hydrogen) atoms. The number of benzene rings is 1. The molecule has 0 aliphatic heterocycles. The third kappa shape index (κ3) is 2.44. The summed E-state index contributed by atoms with van der Waals surface area (Å²) in [5.74, 6) is -0.862. The number of carbonyl (C=O) groups is 1. The Morgan fingerprint density at radius 1 is 1.56 bits per heavy atom. The van der Waals surface area contributed by atoms with Gasteiger partial charge in [0.25, 0.3) is 0 Å². The zero-order valence-electron chi connectivity index (χ0n) is 10.1. The third-order valence-corrected chi connectivity index (χ3v) is 4.05. The summed E-state index contributed by atoms with van der Waals surface area (Å²) in [5, 5.41) is 13.5. The Kier molecular flexibility index (Phi) is 3.79. The molecule has 0 spiro atoms. The SMILES string of the molecule is C=CC(C)NCc1c(C(=O)O)sc2ccccc12. The second kappa shape index (κ2) is 5.33. The van der Waals surface area contributed by atoms with Gasteiger partial charge in [0.1, 0.15) is 4.88 Å². The molecule has 2 aromatic rings. The van der Waals surface area contributed by atoms with Gasteiger partial charge in [-0.3, -0.25) is 0 Å². The zero-order valence-corrected chi connectivity index (χ0v) is 11.0. The number of fused-ring (bicyclic) bond motifs is 1. The molecule has 0 aliphatic carbocycles. The van der Waals surface area contributed by atoms with Gasteiger partial charge >= 0.3 is 5.97 Å². The van der Waals surface area contributed by atoms with Crippen molar-refractivity contribution in [3.05, 3.63) is 47.4 Å². The Morgan fingerprint density at radius 2 is 2.28 bits per heavy atom. The van der Waals surface area contributed by atoms with Crippen molar-refractivity contribution in [3.63, 3.8) is 0 Å². The minimum atomic E-state index is -0.862. The van der Waals surface area contributed by atoms with Gasteiger partial charge in [0, 0.05) is 17.3 Å². The predicted octanol–water partition coefficient (Wildman–Crippen LogP) is 3.26. The van der Waals surface area contributed by atoms with Crippen molar-refractivity contribution in [3.8, 4) is 0 Å². The van der Waals surface area contributed by atoms with Crippen molar-refractivity contribution >= 4 is 27.4 Å². The molecule has 0 saturated carbocycles. The molecule has 0 fully saturated rings. The van der Waals surface area contributed by atoms with Gasteiger partial charge in [-0.2, -0.15) is 0 Å². The van der Waals surface area contributed by atoms with E-state index in [-0.39, 0.29) is 6.04 Å². The fourth-order valence-corrected chi connectivity index (χ4v) is 2.85. The quantitative estimate of drug-likeness (QED) is 0.812. The van der Waals surface area contributed by atoms with Crippen molar-refractivity contribution in [2.75, 3.05) is 0 Å². The first kappa shape index (κ1) is 12.8. The summed E-state index contributed by atoms with van der Waals surface area (Å²) in [6.07, 6.45) is 1.80. The average molecular weight is 261 g/mol. The van der Waals surface area contributed by atoms with Crippen LogP contribution in [-0.4, -0.2) is 17.1 Å². The fourth-order valence-electron chi connectivity index (χ4n) is 1.79. The maximum absolute atomic E-state index is 11.3. The second-order valence-electron chi connectivity index (χ2n) is 4.12. The lowest BCUT2D eigenvalue weighted by atomic mass is 10.1. The van der Waals surface area contributed by atoms with E-state index in [4.69, 9.17) is 0 Å². The topological polar surface area (TPSA) is 49.3 Å². The zero-order chi connectivity index (χ0) is 13.1. The molecule has 2 N–H and O–H groups in total. The Labute approximate surface area is 110 Å². The number of carboxylic acids is 1. The van der Waals surface area contributed by atoms with Crippen LogP contribution in [0.5, 0.6) is 0 Å². The van der Waals surface area contributed by atoms with Crippen LogP contribution in [0.4, 0.5) is 0 Å². The van der Waals surface area contributed by atoms with E-state index in [0.717, 1.165) is 15.6 Å². The Morgan fingerprint density at radius 3 is 2.94 bits per heavy atom. The van der Waals surface area contributed by atoms with E-state index in [1.54, 1.807) is 6.08 Å². The predicted molar refractivity (Wildman–Crippen MR) is 75.3 cm³/mol. The normalized spacial score (nSPS) is 12.5. The number of hydrogen-bond donors (Lipinski definition) is 2. The number of nitrogens with one attached hydrogen (secondary N) is 1. The lowest BCUT2D eigenvalue weighted by Crippen LogP contribution is -2.23. The highest BCUT2D eigenvalue weighted by atomic mass is 32.1. The minimum Gasteiger partial charge on any atom is -0.477 e. The maximum atomic E-state index is 11.3. The summed E-state index contributed by atoms with van der Waals surface area (Å²) in [6.45, 7) is 6.23. The summed E-state index contributed by atoms with van der Waals surface area (Å²) >= 11 is 1.33. The van der Waals surface area contributed by atoms with Crippen LogP contribution in [0.25, 0.3) is 10.1 Å². The van der Waals surface area contributed by atoms with Gasteiger partial charge in [0.05, 0.1) is 0 Å². The fraction of sp³-hybridized carbons (Fsp3) is 0.214. The van der Waals surface area contributed by atoms with E-state index < -0.39 is 5.97 Å². The first-order valence-corrected chi connectivity index (χ1v) is 6.54. The minimum absolute atomic E-state index is 0.158. The van der Waals surface area contributed by atoms with Crippen LogP contribution in [0.2, 0.25) is 0 Å². The highest BCUT2D eigenvalue weighted by Gasteiger charge is 2.17. The van der Waals surface area contributed by atoms with Gasteiger partial charge in [-0.05, 0) is 23.9 Å². The first-order valence-electron chi connectivity index (χ1n) is 5.73. The van der Waals surface area contributed by atoms with E-state index in [1.807, 2.05) is 31.2 Å². The van der Waals surface area contributed by atoms with E-state index in [2.05, 4.69) is 11.9 Å². The van der Waals surface area contributed by atoms with Crippen LogP contribution in [0.3, 0.4) is 0 Å². The largest absolute Gasteiger partial charge is 0.477 e. The van der Waals surface area contributed by atoms with Crippen LogP contribution >= 0.6 is 11.3 Å². The molecule has 0 radical (unpaired) electrons. The third-order valence-electron chi connectivity index (χ3n) is 2.85. The summed E-state index contributed by atoms with van der Waals surface area (Å²) in [4.78, 5) is 11.7. The number of rotatable bonds is 5. The van der Waals surface area contributed by atoms with Crippen molar-refractivity contribution < 1.29 is 9.90 Å². The van der Waals surface area contributed by atoms with E-state index in [1.165, 1.54) is 11.3 Å². The van der Waals surface area contributed by atoms with Crippen LogP contribution in [0.1, 0.15) is 22.2 Å². The summed E-state index contributed by atoms with van der Waals surface area (Å²) in [5.41, 5.74) is 0.858. The molecule has 0 aliphatic rings. The smallest absolute Gasteiger partial charge is 0.346 e. The number of hydrogen-bond acceptors (Lipinski definition) is 3. The number of aromatic carboxylic acids is 1. The van der Waals surface area contributed by atoms with Crippen molar-refractivity contribution in [2.45, 2.75) is 19.5 Å². The number of carboxylic acid groups (broad SMARTS) is 1. The highest BCUT2D eigenvalue weighted by molar-refractivity contribution is 7.21. The van der Waals surface area contributed by atoms with Gasteiger partial charge in [-0.15, -0.1) is 17.9 Å². The Bertz CT molecular complexity index is 588. The lowest BCUT2D eigenvalue weighted by Gasteiger charge is -2.09. The molecule has 1 aromatic heterocycles. The average Bonchev–Trinajstić information content (AvgIpc) is 2.75. The van der Waals surface area contributed by atoms with Crippen molar-refractivity contribution in [1.29, 1.82) is 0 Å². The summed E-state index contributed by atoms with van der Waals surface area (Å²) in [7, 11) is 0. The molecule has 1 unspecified atom stereocenters. The van der Waals surface area contributed by atoms with E-state index in [0.29, 0.717) is 11.4 Å². The molecule has 4 heteroatoms. The molecule has 1 heterocycles. The van der Waals surface area contributed by atoms with Crippen molar-refractivity contribution in [2.24, 2.45) is 0 Å². The van der Waals surface area contributed by atoms with E-state index >= 15 is 0 Å². The second-order valence-corrected chi connectivity index (χ2v) is 5.17. The highest BCUT2D eigenvalue weighted by Crippen LogP contribution is 2.31. The van der Waals surface area contributed by atoms with E-state index in [9.17, 15) is 9.90 Å². The van der Waals surface area contributed by atoms with Gasteiger partial charge in [0.2, 0.25) is 0 Å². The van der Waals surface area contributed by atoms with Crippen LogP contribution in [0, 0.1) is 0 Å². The number of thiophene rings is 1. The van der Waals surface area contributed by atoms with Gasteiger partial charge < -0.3 is 10.4 Å². The van der Waals surface area contributed by atoms with Gasteiger partial charge in [0.15, 0.2) is 0 Å². The molecule has 1 atom stereocenters. The van der Waals surface area contributed by atoms with Crippen molar-refractivity contribution in [1.82, 2.24) is 5.32 Å². The monoisotopic (exact) mass is 261 g/mol. The van der Waals surface area contributed by atoms with Gasteiger partial charge in [-0.1, -0.05) is 24.3 Å². The summed E-state index contributed by atoms with van der Waals surface area (Å²) in [6, 6.07) is 7.93. The molecule has 0 saturated heterocycles. The van der Waals surface area contributed by atoms with Crippen LogP contribution in [-0.2, 0) is 6.54 Å². The molecule has 0 bridgehead atoms. The Hall–Kier alpha value is -1.65. The molecule has 3 nitrogen and oxygen atoms in total. The Balaban J connectivity index is 2.42. The first-order chi connectivity index (χ1) is 8.63. The van der Waals surface area contributed by atoms with Crippen LogP contribution in [0.15, 0.2) is 36.9 Å². The van der Waals surface area contributed by atoms with Crippen LogP contribution < -0.4 is 5.32 Å². The summed E-state index contributed by atoms with van der Waals surface area (Å²) < 4.78 is 1.01.